The molecule has 3 heterocycles. The van der Waals surface area contributed by atoms with Gasteiger partial charge in [-0.05, 0) is 55.8 Å². The van der Waals surface area contributed by atoms with E-state index in [9.17, 15) is 4.79 Å². The van der Waals surface area contributed by atoms with Crippen LogP contribution in [-0.2, 0) is 16.0 Å². The Balaban J connectivity index is 1.47. The summed E-state index contributed by atoms with van der Waals surface area (Å²) in [6.45, 7) is 5.41. The lowest BCUT2D eigenvalue weighted by Gasteiger charge is -2.49. The molecule has 2 aliphatic heterocycles. The van der Waals surface area contributed by atoms with Gasteiger partial charge in [-0.25, -0.2) is 4.39 Å². The highest BCUT2D eigenvalue weighted by atomic mass is 19.1. The number of aromatic nitrogens is 1. The molecule has 4 unspecified atom stereocenters. The van der Waals surface area contributed by atoms with E-state index in [-0.39, 0.29) is 36.3 Å². The normalized spacial score (nSPS) is 23.6. The predicted octanol–water partition coefficient (Wildman–Crippen LogP) is 4.70. The van der Waals surface area contributed by atoms with Crippen LogP contribution in [0.1, 0.15) is 47.0 Å². The van der Waals surface area contributed by atoms with Gasteiger partial charge in [0.25, 0.3) is 5.91 Å². The number of piperidine rings is 1. The van der Waals surface area contributed by atoms with Crippen LogP contribution >= 0.6 is 0 Å². The van der Waals surface area contributed by atoms with Gasteiger partial charge in [0, 0.05) is 62.8 Å². The number of fused-ring (bicyclic) bond motifs is 1. The summed E-state index contributed by atoms with van der Waals surface area (Å²) in [6, 6.07) is 16.7. The zero-order valence-corrected chi connectivity index (χ0v) is 22.3. The maximum absolute atomic E-state index is 15.1. The number of rotatable bonds is 10. The summed E-state index contributed by atoms with van der Waals surface area (Å²) in [5.41, 5.74) is 2.41. The summed E-state index contributed by atoms with van der Waals surface area (Å²) in [7, 11) is 3.23. The number of carbonyl (C=O) groups is 1. The van der Waals surface area contributed by atoms with Gasteiger partial charge in [-0.1, -0.05) is 24.3 Å². The second-order valence-corrected chi connectivity index (χ2v) is 10.0. The Morgan fingerprint density at radius 3 is 2.53 bits per heavy atom. The number of methoxy groups -OCH3 is 2. The van der Waals surface area contributed by atoms with E-state index in [0.29, 0.717) is 12.2 Å². The fourth-order valence-corrected chi connectivity index (χ4v) is 6.03. The van der Waals surface area contributed by atoms with Gasteiger partial charge in [0.2, 0.25) is 0 Å². The van der Waals surface area contributed by atoms with Crippen molar-refractivity contribution in [2.45, 2.75) is 44.1 Å². The second-order valence-electron chi connectivity index (χ2n) is 10.0. The lowest BCUT2D eigenvalue weighted by Crippen LogP contribution is -2.58. The summed E-state index contributed by atoms with van der Waals surface area (Å²) < 4.78 is 33.8. The maximum Gasteiger partial charge on any atom is 0.256 e. The van der Waals surface area contributed by atoms with E-state index in [1.54, 1.807) is 26.4 Å². The molecule has 1 amide bonds. The number of nitrogens with zero attached hydrogens (tertiary/aromatic N) is 3. The lowest BCUT2D eigenvalue weighted by molar-refractivity contribution is -0.0644. The van der Waals surface area contributed by atoms with Crippen LogP contribution in [0.5, 0.6) is 5.75 Å². The molecule has 0 N–H and O–H groups in total. The van der Waals surface area contributed by atoms with Crippen LogP contribution in [0.15, 0.2) is 67.0 Å². The number of halogens is 1. The molecule has 0 saturated carbocycles. The van der Waals surface area contributed by atoms with E-state index in [4.69, 9.17) is 14.2 Å². The molecule has 2 aromatic carbocycles. The molecule has 1 fully saturated rings. The quantitative estimate of drug-likeness (QED) is 0.362. The van der Waals surface area contributed by atoms with E-state index in [2.05, 4.69) is 28.8 Å². The van der Waals surface area contributed by atoms with Crippen LogP contribution in [0.4, 0.5) is 4.39 Å². The molecule has 0 bridgehead atoms. The highest BCUT2D eigenvalue weighted by Crippen LogP contribution is 2.44. The van der Waals surface area contributed by atoms with Crippen LogP contribution in [-0.4, -0.2) is 72.9 Å². The zero-order chi connectivity index (χ0) is 26.6. The molecular formula is C30H36FN3O4. The number of carbonyl (C=O) groups excluding carboxylic acids is 1. The number of hydrogen-bond donors (Lipinski definition) is 0. The second kappa shape index (κ2) is 11.7. The predicted molar refractivity (Wildman–Crippen MR) is 143 cm³/mol. The minimum Gasteiger partial charge on any atom is -0.488 e. The molecule has 3 aromatic rings. The molecule has 2 aliphatic rings. The van der Waals surface area contributed by atoms with Crippen molar-refractivity contribution < 1.29 is 23.4 Å². The van der Waals surface area contributed by atoms with E-state index >= 15 is 4.39 Å². The van der Waals surface area contributed by atoms with E-state index in [0.717, 1.165) is 37.2 Å². The van der Waals surface area contributed by atoms with Crippen molar-refractivity contribution in [1.29, 1.82) is 0 Å². The Bertz CT molecular complexity index is 1230. The van der Waals surface area contributed by atoms with Crippen LogP contribution < -0.4 is 4.74 Å². The summed E-state index contributed by atoms with van der Waals surface area (Å²) >= 11 is 0. The summed E-state index contributed by atoms with van der Waals surface area (Å²) in [5.74, 6) is -0.300. The fraction of sp³-hybridized carbons (Fsp3) is 0.433. The standard InChI is InChI=1S/C30H36FN3O4/c1-21-28(34-29(35)24-8-4-5-9-25(24)30(34)37-3)23(12-15-33(21)17-16-32-13-6-7-14-32)22-10-11-27(26(31)20-22)38-19-18-36-2/h4-11,13-14,20-21,23,28,30H,12,15-19H2,1-3H3. The minimum absolute atomic E-state index is 0.0286. The Morgan fingerprint density at radius 2 is 1.79 bits per heavy atom. The number of hydrogen-bond acceptors (Lipinski definition) is 5. The Hall–Kier alpha value is -3.20. The Kier molecular flexibility index (Phi) is 8.12. The number of likely N-dealkylation sites (tertiary alicyclic amines) is 1. The molecule has 38 heavy (non-hydrogen) atoms. The molecule has 4 atom stereocenters. The molecule has 8 heteroatoms. The van der Waals surface area contributed by atoms with E-state index in [1.807, 2.05) is 47.4 Å². The van der Waals surface area contributed by atoms with Crippen molar-refractivity contribution in [1.82, 2.24) is 14.4 Å². The van der Waals surface area contributed by atoms with Crippen LogP contribution in [0.25, 0.3) is 0 Å². The third-order valence-corrected chi connectivity index (χ3v) is 7.94. The molecule has 1 aromatic heterocycles. The van der Waals surface area contributed by atoms with Crippen LogP contribution in [0.3, 0.4) is 0 Å². The molecule has 7 nitrogen and oxygen atoms in total. The van der Waals surface area contributed by atoms with Crippen molar-refractivity contribution >= 4 is 5.91 Å². The Morgan fingerprint density at radius 1 is 1.00 bits per heavy atom. The largest absolute Gasteiger partial charge is 0.488 e. The van der Waals surface area contributed by atoms with Gasteiger partial charge in [0.15, 0.2) is 17.8 Å². The third kappa shape index (κ3) is 5.08. The highest BCUT2D eigenvalue weighted by Gasteiger charge is 2.48. The van der Waals surface area contributed by atoms with Crippen molar-refractivity contribution in [3.8, 4) is 5.75 Å². The molecular weight excluding hydrogens is 485 g/mol. The smallest absolute Gasteiger partial charge is 0.256 e. The first-order valence-corrected chi connectivity index (χ1v) is 13.2. The van der Waals surface area contributed by atoms with Gasteiger partial charge < -0.3 is 23.7 Å². The molecule has 202 valence electrons. The van der Waals surface area contributed by atoms with E-state index in [1.165, 1.54) is 0 Å². The zero-order valence-electron chi connectivity index (χ0n) is 22.3. The summed E-state index contributed by atoms with van der Waals surface area (Å²) in [5, 5.41) is 0. The molecule has 0 radical (unpaired) electrons. The van der Waals surface area contributed by atoms with Gasteiger partial charge in [0.05, 0.1) is 12.6 Å². The first-order chi connectivity index (χ1) is 18.5. The molecule has 0 spiro atoms. The van der Waals surface area contributed by atoms with Gasteiger partial charge in [-0.15, -0.1) is 0 Å². The molecule has 0 aliphatic carbocycles. The average Bonchev–Trinajstić information content (AvgIpc) is 3.55. The summed E-state index contributed by atoms with van der Waals surface area (Å²) in [4.78, 5) is 18.1. The number of benzene rings is 2. The number of ether oxygens (including phenoxy) is 3. The van der Waals surface area contributed by atoms with Crippen molar-refractivity contribution in [3.05, 3.63) is 89.5 Å². The summed E-state index contributed by atoms with van der Waals surface area (Å²) in [6.07, 6.45) is 4.44. The fourth-order valence-electron chi connectivity index (χ4n) is 6.03. The van der Waals surface area contributed by atoms with E-state index < -0.39 is 12.0 Å². The van der Waals surface area contributed by atoms with Gasteiger partial charge >= 0.3 is 0 Å². The minimum atomic E-state index is -0.487. The lowest BCUT2D eigenvalue weighted by atomic mass is 9.80. The van der Waals surface area contributed by atoms with Crippen molar-refractivity contribution in [3.63, 3.8) is 0 Å². The van der Waals surface area contributed by atoms with Crippen LogP contribution in [0, 0.1) is 5.82 Å². The number of amides is 1. The van der Waals surface area contributed by atoms with Gasteiger partial charge in [-0.2, -0.15) is 0 Å². The maximum atomic E-state index is 15.1. The van der Waals surface area contributed by atoms with Gasteiger partial charge in [-0.3, -0.25) is 9.69 Å². The molecule has 5 rings (SSSR count). The molecule has 1 saturated heterocycles. The van der Waals surface area contributed by atoms with Crippen molar-refractivity contribution in [2.75, 3.05) is 40.5 Å². The SMILES string of the molecule is COCCOc1ccc(C2CCN(CCn3cccc3)C(C)C2N2C(=O)c3ccccc3C2OC)cc1F. The monoisotopic (exact) mass is 521 g/mol. The first-order valence-electron chi connectivity index (χ1n) is 13.2. The topological polar surface area (TPSA) is 56.2 Å². The van der Waals surface area contributed by atoms with Crippen LogP contribution in [0.2, 0.25) is 0 Å². The van der Waals surface area contributed by atoms with Gasteiger partial charge in [0.1, 0.15) is 6.61 Å². The van der Waals surface area contributed by atoms with Crippen molar-refractivity contribution in [2.24, 2.45) is 0 Å². The third-order valence-electron chi connectivity index (χ3n) is 7.94. The Labute approximate surface area is 223 Å². The highest BCUT2D eigenvalue weighted by molar-refractivity contribution is 5.99. The average molecular weight is 522 g/mol. The first kappa shape index (κ1) is 26.4.